The van der Waals surface area contributed by atoms with Crippen LogP contribution in [-0.4, -0.2) is 39.9 Å². The van der Waals surface area contributed by atoms with Gasteiger partial charge < -0.3 is 4.15 Å². The number of quaternary nitrogens is 1. The number of hydrogen-bond donors (Lipinski definition) is 0. The molecule has 0 aromatic heterocycles. The summed E-state index contributed by atoms with van der Waals surface area (Å²) >= 11 is 0. The molecule has 0 saturated carbocycles. The van der Waals surface area contributed by atoms with E-state index in [2.05, 4.69) is 11.5 Å². The van der Waals surface area contributed by atoms with Gasteiger partial charge >= 0.3 is 9.68 Å². The van der Waals surface area contributed by atoms with Crippen LogP contribution < -0.4 is 0 Å². The summed E-state index contributed by atoms with van der Waals surface area (Å²) in [5.41, 5.74) is 3.53. The Hall–Kier alpha value is -1.64. The molecule has 0 N–H and O–H groups in total. The first-order chi connectivity index (χ1) is 7.40. The molecule has 1 rings (SSSR count). The summed E-state index contributed by atoms with van der Waals surface area (Å²) in [5, 5.41) is 10.7. The van der Waals surface area contributed by atoms with Crippen LogP contribution >= 0.6 is 0 Å². The Morgan fingerprint density at radius 2 is 1.94 bits per heavy atom. The number of nitro groups is 1. The zero-order valence-corrected chi connectivity index (χ0v) is 10.5. The summed E-state index contributed by atoms with van der Waals surface area (Å²) in [6.45, 7) is 0. The molecule has 0 aliphatic rings. The monoisotopic (exact) mass is 233 g/mol. The van der Waals surface area contributed by atoms with Crippen LogP contribution in [0.25, 0.3) is 0 Å². The highest BCUT2D eigenvalue weighted by molar-refractivity contribution is 6.37. The molecular formula is C11H13N2O2Si+. The van der Waals surface area contributed by atoms with E-state index < -0.39 is 4.92 Å². The summed E-state index contributed by atoms with van der Waals surface area (Å²) in [6, 6.07) is 6.54. The van der Waals surface area contributed by atoms with Gasteiger partial charge in [0.05, 0.1) is 26.1 Å². The number of para-hydroxylation sites is 1. The van der Waals surface area contributed by atoms with Crippen LogP contribution in [0.1, 0.15) is 5.56 Å². The van der Waals surface area contributed by atoms with Crippen molar-refractivity contribution in [3.63, 3.8) is 0 Å². The highest BCUT2D eigenvalue weighted by atomic mass is 28.2. The maximum atomic E-state index is 10.7. The lowest BCUT2D eigenvalue weighted by atomic mass is 10.2. The van der Waals surface area contributed by atoms with Crippen LogP contribution in [0, 0.1) is 21.6 Å². The zero-order chi connectivity index (χ0) is 12.2. The molecule has 5 heteroatoms. The van der Waals surface area contributed by atoms with Crippen molar-refractivity contribution in [3.8, 4) is 11.5 Å². The molecule has 0 bridgehead atoms. The smallest absolute Gasteiger partial charge is 0.376 e. The Bertz CT molecular complexity index is 455. The van der Waals surface area contributed by atoms with Crippen molar-refractivity contribution in [1.29, 1.82) is 0 Å². The van der Waals surface area contributed by atoms with Crippen molar-refractivity contribution < 1.29 is 9.07 Å². The normalized spacial score (nSPS) is 10.4. The molecule has 0 amide bonds. The number of nitrogens with zero attached hydrogens (tertiary/aromatic N) is 2. The van der Waals surface area contributed by atoms with Crippen LogP contribution in [0.3, 0.4) is 0 Å². The van der Waals surface area contributed by atoms with Gasteiger partial charge in [0.1, 0.15) is 5.56 Å². The quantitative estimate of drug-likeness (QED) is 0.334. The van der Waals surface area contributed by atoms with Gasteiger partial charge in [0.2, 0.25) is 0 Å². The first kappa shape index (κ1) is 12.4. The minimum Gasteiger partial charge on any atom is -0.376 e. The summed E-state index contributed by atoms with van der Waals surface area (Å²) < 4.78 is 0.744. The van der Waals surface area contributed by atoms with Crippen LogP contribution in [0.5, 0.6) is 0 Å². The molecule has 0 saturated heterocycles. The molecule has 0 aliphatic heterocycles. The van der Waals surface area contributed by atoms with Gasteiger partial charge in [-0.1, -0.05) is 23.6 Å². The average molecular weight is 233 g/mol. The van der Waals surface area contributed by atoms with Crippen molar-refractivity contribution in [2.45, 2.75) is 0 Å². The van der Waals surface area contributed by atoms with Crippen molar-refractivity contribution in [2.24, 2.45) is 0 Å². The molecule has 0 heterocycles. The predicted molar refractivity (Wildman–Crippen MR) is 63.8 cm³/mol. The Kier molecular flexibility index (Phi) is 3.82. The Morgan fingerprint density at radius 3 is 2.50 bits per heavy atom. The van der Waals surface area contributed by atoms with E-state index in [0.717, 1.165) is 4.15 Å². The minimum absolute atomic E-state index is 0.0706. The molecule has 0 fully saturated rings. The van der Waals surface area contributed by atoms with Crippen molar-refractivity contribution in [1.82, 2.24) is 0 Å². The van der Waals surface area contributed by atoms with Gasteiger partial charge in [-0.3, -0.25) is 10.1 Å². The standard InChI is InChI=1S/C11H13N2O2Si/c1-13(2,3)16-9-8-10-6-4-5-7-11(10)12(14)15/h4-7H,1-3H3/q+1. The van der Waals surface area contributed by atoms with Gasteiger partial charge in [-0.2, -0.15) is 0 Å². The molecular weight excluding hydrogens is 220 g/mol. The lowest BCUT2D eigenvalue weighted by molar-refractivity contribution is -0.753. The third kappa shape index (κ3) is 3.85. The first-order valence-electron chi connectivity index (χ1n) is 4.73. The fourth-order valence-electron chi connectivity index (χ4n) is 1.00. The first-order valence-corrected chi connectivity index (χ1v) is 5.68. The SMILES string of the molecule is C[N+](C)(C)[Si]C#Cc1ccccc1[N+](=O)[O-]. The summed E-state index contributed by atoms with van der Waals surface area (Å²) in [6.07, 6.45) is 0. The summed E-state index contributed by atoms with van der Waals surface area (Å²) in [4.78, 5) is 10.3. The second kappa shape index (κ2) is 4.92. The van der Waals surface area contributed by atoms with E-state index in [1.807, 2.05) is 21.1 Å². The Labute approximate surface area is 97.5 Å². The minimum atomic E-state index is -0.404. The highest BCUT2D eigenvalue weighted by Crippen LogP contribution is 2.15. The maximum absolute atomic E-state index is 10.7. The van der Waals surface area contributed by atoms with Gasteiger partial charge in [0.15, 0.2) is 0 Å². The molecule has 0 aliphatic carbocycles. The fraction of sp³-hybridized carbons (Fsp3) is 0.273. The van der Waals surface area contributed by atoms with E-state index >= 15 is 0 Å². The number of nitro benzene ring substituents is 1. The molecule has 0 unspecified atom stereocenters. The largest absolute Gasteiger partial charge is 0.497 e. The second-order valence-electron chi connectivity index (χ2n) is 4.15. The molecule has 4 nitrogen and oxygen atoms in total. The van der Waals surface area contributed by atoms with E-state index in [4.69, 9.17) is 0 Å². The van der Waals surface area contributed by atoms with Crippen molar-refractivity contribution in [2.75, 3.05) is 21.1 Å². The zero-order valence-electron chi connectivity index (χ0n) is 9.52. The molecule has 2 radical (unpaired) electrons. The third-order valence-electron chi connectivity index (χ3n) is 1.69. The predicted octanol–water partition coefficient (Wildman–Crippen LogP) is 1.23. The van der Waals surface area contributed by atoms with Gasteiger partial charge in [-0.05, 0) is 6.07 Å². The van der Waals surface area contributed by atoms with Crippen LogP contribution in [0.15, 0.2) is 24.3 Å². The molecule has 16 heavy (non-hydrogen) atoms. The second-order valence-corrected chi connectivity index (χ2v) is 5.96. The summed E-state index contributed by atoms with van der Waals surface area (Å²) in [5.74, 6) is 2.86. The van der Waals surface area contributed by atoms with E-state index in [0.29, 0.717) is 15.2 Å². The van der Waals surface area contributed by atoms with Crippen LogP contribution in [-0.2, 0) is 0 Å². The number of hydrogen-bond acceptors (Lipinski definition) is 2. The highest BCUT2D eigenvalue weighted by Gasteiger charge is 2.12. The van der Waals surface area contributed by atoms with Gasteiger partial charge in [-0.25, -0.2) is 0 Å². The Morgan fingerprint density at radius 1 is 1.31 bits per heavy atom. The van der Waals surface area contributed by atoms with Crippen LogP contribution in [0.2, 0.25) is 0 Å². The van der Waals surface area contributed by atoms with E-state index in [-0.39, 0.29) is 5.69 Å². The molecule has 82 valence electrons. The topological polar surface area (TPSA) is 43.1 Å². The third-order valence-corrected chi connectivity index (χ3v) is 2.60. The summed E-state index contributed by atoms with van der Waals surface area (Å²) in [7, 11) is 6.51. The molecule has 1 aromatic carbocycles. The number of benzene rings is 1. The lowest BCUT2D eigenvalue weighted by Gasteiger charge is -2.18. The lowest BCUT2D eigenvalue weighted by Crippen LogP contribution is -2.37. The van der Waals surface area contributed by atoms with E-state index in [1.54, 1.807) is 18.2 Å². The molecule has 0 atom stereocenters. The van der Waals surface area contributed by atoms with Gasteiger partial charge in [0, 0.05) is 6.07 Å². The van der Waals surface area contributed by atoms with Crippen molar-refractivity contribution >= 4 is 15.4 Å². The maximum Gasteiger partial charge on any atom is 0.497 e. The van der Waals surface area contributed by atoms with Gasteiger partial charge in [-0.15, -0.1) is 0 Å². The fourth-order valence-corrected chi connectivity index (χ4v) is 1.53. The average Bonchev–Trinajstić information content (AvgIpc) is 2.16. The van der Waals surface area contributed by atoms with Gasteiger partial charge in [0.25, 0.3) is 5.69 Å². The van der Waals surface area contributed by atoms with E-state index in [1.165, 1.54) is 6.07 Å². The molecule has 1 aromatic rings. The molecule has 0 spiro atoms. The Balaban J connectivity index is 2.93. The number of rotatable bonds is 2. The van der Waals surface area contributed by atoms with Crippen LogP contribution in [0.4, 0.5) is 5.69 Å². The van der Waals surface area contributed by atoms with E-state index in [9.17, 15) is 10.1 Å². The van der Waals surface area contributed by atoms with Crippen molar-refractivity contribution in [3.05, 3.63) is 39.9 Å².